The summed E-state index contributed by atoms with van der Waals surface area (Å²) < 4.78 is 26.0. The van der Waals surface area contributed by atoms with Crippen LogP contribution < -0.4 is 5.32 Å². The van der Waals surface area contributed by atoms with E-state index in [0.29, 0.717) is 23.3 Å². The fraction of sp³-hybridized carbons (Fsp3) is 0.333. The molecule has 2 amide bonds. The zero-order valence-electron chi connectivity index (χ0n) is 15.3. The monoisotopic (exact) mass is 443 g/mol. The van der Waals surface area contributed by atoms with Crippen LogP contribution in [-0.4, -0.2) is 42.0 Å². The van der Waals surface area contributed by atoms with Crippen molar-refractivity contribution in [2.45, 2.75) is 37.6 Å². The SMILES string of the molecule is Cc1cc(NC(=O)c2cccs2)c(S(=O)(=O)[N+]2(C(=O)O)CCC[C@H]2C)cc1Cl. The van der Waals surface area contributed by atoms with Crippen molar-refractivity contribution in [3.8, 4) is 0 Å². The number of carbonyl (C=O) groups excluding carboxylic acids is 1. The van der Waals surface area contributed by atoms with Gasteiger partial charge in [0, 0.05) is 17.9 Å². The lowest BCUT2D eigenvalue weighted by Gasteiger charge is -2.31. The molecule has 2 aromatic rings. The van der Waals surface area contributed by atoms with E-state index in [9.17, 15) is 23.1 Å². The van der Waals surface area contributed by atoms with Crippen LogP contribution in [0.25, 0.3) is 0 Å². The number of carboxylic acid groups (broad SMARTS) is 1. The third-order valence-corrected chi connectivity index (χ3v) is 8.83. The first-order chi connectivity index (χ1) is 13.1. The Morgan fingerprint density at radius 3 is 2.61 bits per heavy atom. The molecule has 2 atom stereocenters. The predicted molar refractivity (Wildman–Crippen MR) is 107 cm³/mol. The smallest absolute Gasteiger partial charge is 0.435 e. The number of sulfonamides is 1. The number of rotatable bonds is 4. The average molecular weight is 444 g/mol. The zero-order valence-corrected chi connectivity index (χ0v) is 17.7. The summed E-state index contributed by atoms with van der Waals surface area (Å²) in [5.41, 5.74) is 0.594. The number of benzene rings is 1. The number of likely N-dealkylation sites (tertiary alicyclic amines) is 1. The van der Waals surface area contributed by atoms with Crippen LogP contribution in [0.1, 0.15) is 35.0 Å². The molecule has 10 heteroatoms. The van der Waals surface area contributed by atoms with Gasteiger partial charge in [-0.05, 0) is 43.0 Å². The van der Waals surface area contributed by atoms with Gasteiger partial charge in [-0.2, -0.15) is 13.2 Å². The van der Waals surface area contributed by atoms with Crippen molar-refractivity contribution in [1.82, 2.24) is 0 Å². The van der Waals surface area contributed by atoms with Crippen LogP contribution in [0, 0.1) is 6.92 Å². The standard InChI is InChI=1S/C18H19ClN2O5S2/c1-11-9-14(20-17(22)15-6-4-8-27-15)16(10-13(11)19)28(25,26)21(18(23)24)7-3-5-12(21)2/h4,6,8-10,12H,3,5,7H2,1-2H3,(H-,20,22,23,24)/p+1/t12-,21?/m1/s1. The molecule has 3 rings (SSSR count). The molecule has 0 radical (unpaired) electrons. The van der Waals surface area contributed by atoms with Gasteiger partial charge in [0.15, 0.2) is 0 Å². The Bertz CT molecular complexity index is 1040. The summed E-state index contributed by atoms with van der Waals surface area (Å²) in [7, 11) is -4.39. The summed E-state index contributed by atoms with van der Waals surface area (Å²) in [6.45, 7) is 3.25. The maximum absolute atomic E-state index is 13.5. The third kappa shape index (κ3) is 3.22. The predicted octanol–water partition coefficient (Wildman–Crippen LogP) is 4.33. The number of carbonyl (C=O) groups is 2. The van der Waals surface area contributed by atoms with Gasteiger partial charge in [0.25, 0.3) is 5.91 Å². The number of nitrogens with one attached hydrogen (secondary N) is 1. The van der Waals surface area contributed by atoms with Gasteiger partial charge in [-0.1, -0.05) is 17.7 Å². The molecule has 0 bridgehead atoms. The van der Waals surface area contributed by atoms with Crippen LogP contribution in [0.2, 0.25) is 5.02 Å². The number of amides is 2. The highest BCUT2D eigenvalue weighted by Gasteiger charge is 2.58. The highest BCUT2D eigenvalue weighted by Crippen LogP contribution is 2.40. The van der Waals surface area contributed by atoms with Gasteiger partial charge in [0.2, 0.25) is 0 Å². The highest BCUT2D eigenvalue weighted by molar-refractivity contribution is 7.86. The molecular formula is C18H20ClN2O5S2+. The Balaban J connectivity index is 2.16. The molecule has 1 saturated heterocycles. The summed E-state index contributed by atoms with van der Waals surface area (Å²) in [5.74, 6) is -0.468. The fourth-order valence-electron chi connectivity index (χ4n) is 3.54. The van der Waals surface area contributed by atoms with E-state index < -0.39 is 32.0 Å². The van der Waals surface area contributed by atoms with Crippen molar-refractivity contribution >= 4 is 50.6 Å². The summed E-state index contributed by atoms with van der Waals surface area (Å²) >= 11 is 7.38. The van der Waals surface area contributed by atoms with Crippen molar-refractivity contribution in [2.75, 3.05) is 11.9 Å². The second-order valence-corrected chi connectivity index (χ2v) is 10.2. The van der Waals surface area contributed by atoms with Crippen LogP contribution in [0.5, 0.6) is 0 Å². The van der Waals surface area contributed by atoms with Gasteiger partial charge in [-0.15, -0.1) is 15.2 Å². The second-order valence-electron chi connectivity index (χ2n) is 6.80. The number of quaternary nitrogens is 1. The number of hydrogen-bond acceptors (Lipinski definition) is 5. The van der Waals surface area contributed by atoms with Crippen LogP contribution >= 0.6 is 22.9 Å². The lowest BCUT2D eigenvalue weighted by atomic mass is 10.2. The molecule has 7 nitrogen and oxygen atoms in total. The molecule has 2 heterocycles. The molecule has 1 unspecified atom stereocenters. The average Bonchev–Trinajstić information content (AvgIpc) is 3.27. The summed E-state index contributed by atoms with van der Waals surface area (Å²) in [5, 5.41) is 14.4. The molecule has 0 saturated carbocycles. The van der Waals surface area contributed by atoms with E-state index in [-0.39, 0.29) is 22.2 Å². The topological polar surface area (TPSA) is 101 Å². The van der Waals surface area contributed by atoms with Gasteiger partial charge < -0.3 is 10.4 Å². The van der Waals surface area contributed by atoms with Crippen molar-refractivity contribution < 1.29 is 27.0 Å². The van der Waals surface area contributed by atoms with E-state index in [1.54, 1.807) is 31.4 Å². The van der Waals surface area contributed by atoms with Crippen molar-refractivity contribution in [1.29, 1.82) is 0 Å². The number of halogens is 1. The van der Waals surface area contributed by atoms with E-state index in [0.717, 1.165) is 0 Å². The van der Waals surface area contributed by atoms with E-state index in [4.69, 9.17) is 11.6 Å². The number of nitrogens with zero attached hydrogens (tertiary/aromatic N) is 1. The van der Waals surface area contributed by atoms with E-state index >= 15 is 0 Å². The van der Waals surface area contributed by atoms with Gasteiger partial charge >= 0.3 is 16.1 Å². The molecule has 1 aliphatic rings. The minimum atomic E-state index is -4.39. The Morgan fingerprint density at radius 1 is 1.36 bits per heavy atom. The first-order valence-electron chi connectivity index (χ1n) is 8.62. The summed E-state index contributed by atoms with van der Waals surface area (Å²) in [6.07, 6.45) is -0.484. The molecular weight excluding hydrogens is 424 g/mol. The Labute approximate surface area is 172 Å². The van der Waals surface area contributed by atoms with E-state index in [2.05, 4.69) is 5.32 Å². The summed E-state index contributed by atoms with van der Waals surface area (Å²) in [4.78, 5) is 24.7. The Morgan fingerprint density at radius 2 is 2.07 bits per heavy atom. The van der Waals surface area contributed by atoms with Crippen LogP contribution in [0.3, 0.4) is 0 Å². The minimum absolute atomic E-state index is 0.0261. The molecule has 150 valence electrons. The first-order valence-corrected chi connectivity index (χ1v) is 11.3. The molecule has 1 aromatic carbocycles. The fourth-order valence-corrected chi connectivity index (χ4v) is 6.54. The van der Waals surface area contributed by atoms with E-state index in [1.807, 2.05) is 0 Å². The van der Waals surface area contributed by atoms with Crippen molar-refractivity contribution in [3.05, 3.63) is 45.1 Å². The molecule has 1 fully saturated rings. The van der Waals surface area contributed by atoms with Gasteiger partial charge in [0.05, 0.1) is 10.6 Å². The van der Waals surface area contributed by atoms with E-state index in [1.165, 1.54) is 23.5 Å². The lowest BCUT2D eigenvalue weighted by molar-refractivity contribution is -0.741. The van der Waals surface area contributed by atoms with Crippen LogP contribution in [0.15, 0.2) is 34.5 Å². The van der Waals surface area contributed by atoms with Crippen molar-refractivity contribution in [3.63, 3.8) is 0 Å². The Kier molecular flexibility index (Phi) is 5.55. The lowest BCUT2D eigenvalue weighted by Crippen LogP contribution is -2.58. The van der Waals surface area contributed by atoms with Crippen LogP contribution in [-0.2, 0) is 10.0 Å². The number of thiophene rings is 1. The van der Waals surface area contributed by atoms with Gasteiger partial charge in [-0.25, -0.2) is 0 Å². The Hall–Kier alpha value is -1.94. The maximum Gasteiger partial charge on any atom is 0.529 e. The second kappa shape index (κ2) is 7.47. The van der Waals surface area contributed by atoms with Gasteiger partial charge in [0.1, 0.15) is 17.5 Å². The molecule has 0 spiro atoms. The molecule has 28 heavy (non-hydrogen) atoms. The number of aryl methyl sites for hydroxylation is 1. The quantitative estimate of drug-likeness (QED) is 0.685. The normalized spacial score (nSPS) is 22.2. The van der Waals surface area contributed by atoms with Crippen molar-refractivity contribution in [2.24, 2.45) is 0 Å². The largest absolute Gasteiger partial charge is 0.529 e. The third-order valence-electron chi connectivity index (χ3n) is 5.11. The molecule has 1 aliphatic heterocycles. The molecule has 0 aliphatic carbocycles. The zero-order chi connectivity index (χ0) is 20.7. The number of anilines is 1. The van der Waals surface area contributed by atoms with Crippen LogP contribution in [0.4, 0.5) is 10.5 Å². The first kappa shape index (κ1) is 20.8. The minimum Gasteiger partial charge on any atom is -0.435 e. The van der Waals surface area contributed by atoms with Gasteiger partial charge in [-0.3, -0.25) is 4.79 Å². The molecule has 2 N–H and O–H groups in total. The summed E-state index contributed by atoms with van der Waals surface area (Å²) in [6, 6.07) is 5.39. The number of hydrogen-bond donors (Lipinski definition) is 2. The molecule has 1 aromatic heterocycles. The highest BCUT2D eigenvalue weighted by atomic mass is 35.5. The maximum atomic E-state index is 13.5.